The Morgan fingerprint density at radius 3 is 2.30 bits per heavy atom. The minimum absolute atomic E-state index is 0.135. The van der Waals surface area contributed by atoms with Crippen LogP contribution in [0, 0.1) is 5.92 Å². The zero-order valence-electron chi connectivity index (χ0n) is 19.3. The van der Waals surface area contributed by atoms with E-state index in [4.69, 9.17) is 0 Å². The van der Waals surface area contributed by atoms with E-state index in [9.17, 15) is 5.11 Å². The molecule has 30 heavy (non-hydrogen) atoms. The third-order valence-electron chi connectivity index (χ3n) is 6.67. The summed E-state index contributed by atoms with van der Waals surface area (Å²) in [5.74, 6) is 0.701. The molecule has 0 saturated carbocycles. The monoisotopic (exact) mass is 408 g/mol. The van der Waals surface area contributed by atoms with E-state index in [2.05, 4.69) is 92.1 Å². The van der Waals surface area contributed by atoms with Gasteiger partial charge in [0.2, 0.25) is 0 Å². The first-order chi connectivity index (χ1) is 14.6. The summed E-state index contributed by atoms with van der Waals surface area (Å²) in [6.45, 7) is 10.9. The van der Waals surface area contributed by atoms with Gasteiger partial charge in [-0.1, -0.05) is 89.1 Å². The van der Waals surface area contributed by atoms with Gasteiger partial charge in [0.1, 0.15) is 6.23 Å². The first-order valence-corrected chi connectivity index (χ1v) is 11.9. The minimum atomic E-state index is -0.524. The van der Waals surface area contributed by atoms with Crippen LogP contribution in [-0.2, 0) is 6.42 Å². The molecule has 2 aromatic carbocycles. The highest BCUT2D eigenvalue weighted by Crippen LogP contribution is 2.41. The molecule has 0 fully saturated rings. The van der Waals surface area contributed by atoms with E-state index in [0.717, 1.165) is 38.8 Å². The molecule has 0 spiro atoms. The lowest BCUT2D eigenvalue weighted by molar-refractivity contribution is 0.0376. The van der Waals surface area contributed by atoms with Crippen LogP contribution in [0.2, 0.25) is 0 Å². The van der Waals surface area contributed by atoms with E-state index in [1.807, 2.05) is 0 Å². The molecule has 3 atom stereocenters. The van der Waals surface area contributed by atoms with Gasteiger partial charge in [-0.25, -0.2) is 0 Å². The van der Waals surface area contributed by atoms with Gasteiger partial charge in [-0.2, -0.15) is 0 Å². The zero-order valence-corrected chi connectivity index (χ0v) is 19.3. The Morgan fingerprint density at radius 2 is 1.63 bits per heavy atom. The normalized spacial score (nSPS) is 18.5. The first-order valence-electron chi connectivity index (χ1n) is 11.9. The topological polar surface area (TPSA) is 26.7 Å². The number of hydrogen-bond acceptors (Lipinski definition) is 3. The number of aliphatic hydroxyl groups excluding tert-OH is 1. The van der Waals surface area contributed by atoms with E-state index in [1.165, 1.54) is 23.2 Å². The fraction of sp³-hybridized carbons (Fsp3) is 0.556. The molecule has 0 amide bonds. The van der Waals surface area contributed by atoms with Crippen molar-refractivity contribution in [1.82, 2.24) is 4.90 Å². The minimum Gasteiger partial charge on any atom is -0.372 e. The van der Waals surface area contributed by atoms with Gasteiger partial charge in [-0.05, 0) is 55.5 Å². The van der Waals surface area contributed by atoms with Crippen molar-refractivity contribution in [2.75, 3.05) is 18.0 Å². The van der Waals surface area contributed by atoms with Crippen molar-refractivity contribution in [2.45, 2.75) is 78.1 Å². The highest BCUT2D eigenvalue weighted by Gasteiger charge is 2.37. The summed E-state index contributed by atoms with van der Waals surface area (Å²) in [5, 5.41) is 11.9. The Bertz CT molecular complexity index is 756. The summed E-state index contributed by atoms with van der Waals surface area (Å²) >= 11 is 0. The maximum Gasteiger partial charge on any atom is 0.143 e. The van der Waals surface area contributed by atoms with Crippen LogP contribution in [0.15, 0.2) is 54.6 Å². The molecule has 2 aromatic rings. The molecule has 3 unspecified atom stereocenters. The average Bonchev–Trinajstić information content (AvgIpc) is 2.78. The summed E-state index contributed by atoms with van der Waals surface area (Å²) in [6.07, 6.45) is 4.96. The number of aryl methyl sites for hydroxylation is 1. The van der Waals surface area contributed by atoms with E-state index >= 15 is 0 Å². The molecule has 0 aliphatic carbocycles. The van der Waals surface area contributed by atoms with E-state index in [0.29, 0.717) is 5.92 Å². The maximum atomic E-state index is 11.9. The molecule has 3 heteroatoms. The molecular formula is C27H40N2O. The molecule has 0 radical (unpaired) electrons. The van der Waals surface area contributed by atoms with Gasteiger partial charge in [0.15, 0.2) is 0 Å². The molecule has 0 bridgehead atoms. The standard InChI is InChI=1S/C27H40N2O/c1-5-28(6-2)26(18-12-13-21(3)4)27(30)29-24-17-11-10-16-23(24)19-20-25(29)22-14-8-7-9-15-22/h7-11,14-17,21,25-27,30H,5-6,12-13,18-20H2,1-4H3. The molecule has 1 aliphatic rings. The van der Waals surface area contributed by atoms with Gasteiger partial charge in [0.25, 0.3) is 0 Å². The van der Waals surface area contributed by atoms with E-state index in [1.54, 1.807) is 0 Å². The van der Waals surface area contributed by atoms with Crippen molar-refractivity contribution >= 4 is 5.69 Å². The predicted molar refractivity (Wildman–Crippen MR) is 128 cm³/mol. The highest BCUT2D eigenvalue weighted by atomic mass is 16.3. The summed E-state index contributed by atoms with van der Waals surface area (Å²) in [6, 6.07) is 19.7. The van der Waals surface area contributed by atoms with Gasteiger partial charge in [0.05, 0.1) is 12.1 Å². The molecule has 1 heterocycles. The lowest BCUT2D eigenvalue weighted by Crippen LogP contribution is -2.54. The van der Waals surface area contributed by atoms with Gasteiger partial charge in [-0.15, -0.1) is 0 Å². The molecule has 3 nitrogen and oxygen atoms in total. The second kappa shape index (κ2) is 11.0. The molecule has 0 saturated heterocycles. The average molecular weight is 409 g/mol. The molecule has 1 N–H and O–H groups in total. The predicted octanol–water partition coefficient (Wildman–Crippen LogP) is 6.04. The largest absolute Gasteiger partial charge is 0.372 e. The Morgan fingerprint density at radius 1 is 0.967 bits per heavy atom. The third-order valence-corrected chi connectivity index (χ3v) is 6.67. The highest BCUT2D eigenvalue weighted by molar-refractivity contribution is 5.58. The van der Waals surface area contributed by atoms with Crippen LogP contribution in [0.3, 0.4) is 0 Å². The quantitative estimate of drug-likeness (QED) is 0.519. The van der Waals surface area contributed by atoms with Crippen molar-refractivity contribution in [3.05, 3.63) is 65.7 Å². The van der Waals surface area contributed by atoms with Gasteiger partial charge >= 0.3 is 0 Å². The Balaban J connectivity index is 1.96. The van der Waals surface area contributed by atoms with Crippen molar-refractivity contribution in [2.24, 2.45) is 5.92 Å². The summed E-state index contributed by atoms with van der Waals surface area (Å²) in [7, 11) is 0. The smallest absolute Gasteiger partial charge is 0.143 e. The molecular weight excluding hydrogens is 368 g/mol. The number of rotatable bonds is 10. The molecule has 1 aliphatic heterocycles. The summed E-state index contributed by atoms with van der Waals surface area (Å²) in [5.41, 5.74) is 3.85. The number of fused-ring (bicyclic) bond motifs is 1. The van der Waals surface area contributed by atoms with Gasteiger partial charge < -0.3 is 10.0 Å². The van der Waals surface area contributed by atoms with Crippen molar-refractivity contribution < 1.29 is 5.11 Å². The number of aliphatic hydroxyl groups is 1. The lowest BCUT2D eigenvalue weighted by Gasteiger charge is -2.47. The first kappa shape index (κ1) is 22.8. The van der Waals surface area contributed by atoms with Crippen LogP contribution in [-0.4, -0.2) is 35.4 Å². The third kappa shape index (κ3) is 5.25. The summed E-state index contributed by atoms with van der Waals surface area (Å²) < 4.78 is 0. The van der Waals surface area contributed by atoms with E-state index < -0.39 is 6.23 Å². The molecule has 164 valence electrons. The number of nitrogens with zero attached hydrogens (tertiary/aromatic N) is 2. The Labute approximate surface area is 183 Å². The summed E-state index contributed by atoms with van der Waals surface area (Å²) in [4.78, 5) is 4.77. The number of hydrogen-bond donors (Lipinski definition) is 1. The second-order valence-electron chi connectivity index (χ2n) is 9.03. The van der Waals surface area contributed by atoms with E-state index in [-0.39, 0.29) is 12.1 Å². The van der Waals surface area contributed by atoms with Crippen LogP contribution < -0.4 is 4.90 Å². The van der Waals surface area contributed by atoms with Crippen molar-refractivity contribution in [3.63, 3.8) is 0 Å². The SMILES string of the molecule is CCN(CC)C(CCCC(C)C)C(O)N1c2ccccc2CCC1c1ccccc1. The van der Waals surface area contributed by atoms with Gasteiger partial charge in [-0.3, -0.25) is 4.90 Å². The zero-order chi connectivity index (χ0) is 21.5. The fourth-order valence-electron chi connectivity index (χ4n) is 5.04. The second-order valence-corrected chi connectivity index (χ2v) is 9.03. The molecule has 0 aromatic heterocycles. The number of para-hydroxylation sites is 1. The van der Waals surface area contributed by atoms with Crippen LogP contribution in [0.4, 0.5) is 5.69 Å². The van der Waals surface area contributed by atoms with Crippen molar-refractivity contribution in [1.29, 1.82) is 0 Å². The fourth-order valence-corrected chi connectivity index (χ4v) is 5.04. The molecule has 3 rings (SSSR count). The van der Waals surface area contributed by atoms with Crippen LogP contribution in [0.5, 0.6) is 0 Å². The van der Waals surface area contributed by atoms with Crippen LogP contribution in [0.1, 0.15) is 70.5 Å². The lowest BCUT2D eigenvalue weighted by atomic mass is 9.89. The maximum absolute atomic E-state index is 11.9. The van der Waals surface area contributed by atoms with Crippen LogP contribution >= 0.6 is 0 Å². The van der Waals surface area contributed by atoms with Gasteiger partial charge in [0, 0.05) is 5.69 Å². The van der Waals surface area contributed by atoms with Crippen LogP contribution in [0.25, 0.3) is 0 Å². The Kier molecular flexibility index (Phi) is 8.35. The number of benzene rings is 2. The number of anilines is 1. The number of likely N-dealkylation sites (N-methyl/N-ethyl adjacent to an activating group) is 1. The van der Waals surface area contributed by atoms with Crippen molar-refractivity contribution in [3.8, 4) is 0 Å². The Hall–Kier alpha value is -1.84.